The molecule has 0 saturated heterocycles. The molecule has 228 valence electrons. The van der Waals surface area contributed by atoms with Gasteiger partial charge in [0.05, 0.1) is 12.8 Å². The lowest BCUT2D eigenvalue weighted by atomic mass is 10.0. The van der Waals surface area contributed by atoms with Gasteiger partial charge in [-0.15, -0.1) is 0 Å². The zero-order chi connectivity index (χ0) is 31.4. The van der Waals surface area contributed by atoms with E-state index in [0.29, 0.717) is 27.4 Å². The van der Waals surface area contributed by atoms with Gasteiger partial charge < -0.3 is 24.1 Å². The number of methoxy groups -OCH3 is 1. The fourth-order valence-electron chi connectivity index (χ4n) is 3.80. The molecule has 3 N–H and O–H groups in total. The second-order valence-electron chi connectivity index (χ2n) is 10.3. The smallest absolute Gasteiger partial charge is 0.429 e. The molecule has 0 spiro atoms. The number of hydrazine groups is 1. The Hall–Kier alpha value is -5.26. The van der Waals surface area contributed by atoms with Gasteiger partial charge in [0, 0.05) is 6.42 Å². The van der Waals surface area contributed by atoms with E-state index >= 15 is 0 Å². The van der Waals surface area contributed by atoms with E-state index in [1.54, 1.807) is 87.5 Å². The first kappa shape index (κ1) is 32.3. The Morgan fingerprint density at radius 3 is 1.93 bits per heavy atom. The highest BCUT2D eigenvalue weighted by Crippen LogP contribution is 2.27. The number of benzene rings is 3. The summed E-state index contributed by atoms with van der Waals surface area (Å²) in [5, 5.41) is 13.3. The van der Waals surface area contributed by atoms with E-state index in [0.717, 1.165) is 0 Å². The molecule has 0 heterocycles. The van der Waals surface area contributed by atoms with E-state index in [-0.39, 0.29) is 25.3 Å². The summed E-state index contributed by atoms with van der Waals surface area (Å²) < 4.78 is 21.2. The number of carboxylic acid groups (broad SMARTS) is 1. The van der Waals surface area contributed by atoms with E-state index in [1.165, 1.54) is 19.2 Å². The maximum atomic E-state index is 13.2. The number of carbonyl (C=O) groups excluding carboxylic acids is 3. The monoisotopic (exact) mass is 593 g/mol. The second kappa shape index (κ2) is 15.1. The van der Waals surface area contributed by atoms with E-state index in [1.807, 2.05) is 0 Å². The van der Waals surface area contributed by atoms with Crippen molar-refractivity contribution >= 4 is 29.9 Å². The predicted octanol–water partition coefficient (Wildman–Crippen LogP) is 5.52. The molecule has 0 aliphatic carbocycles. The van der Waals surface area contributed by atoms with E-state index in [9.17, 15) is 24.3 Å². The third-order valence-corrected chi connectivity index (χ3v) is 5.75. The Kier molecular flexibility index (Phi) is 11.3. The molecule has 3 aromatic carbocycles. The number of carboxylic acids is 1. The van der Waals surface area contributed by atoms with Gasteiger partial charge >= 0.3 is 24.2 Å². The van der Waals surface area contributed by atoms with Crippen molar-refractivity contribution in [2.75, 3.05) is 12.4 Å². The van der Waals surface area contributed by atoms with Gasteiger partial charge in [0.2, 0.25) is 0 Å². The molecule has 1 unspecified atom stereocenters. The van der Waals surface area contributed by atoms with Gasteiger partial charge in [0.25, 0.3) is 0 Å². The van der Waals surface area contributed by atoms with Crippen molar-refractivity contribution < 1.29 is 43.2 Å². The molecule has 12 heteroatoms. The molecule has 1 atom stereocenters. The summed E-state index contributed by atoms with van der Waals surface area (Å²) in [6.07, 6.45) is -3.21. The number of nitrogens with one attached hydrogen (secondary N) is 2. The minimum atomic E-state index is -1.63. The van der Waals surface area contributed by atoms with Crippen LogP contribution in [0.15, 0.2) is 78.9 Å². The maximum Gasteiger partial charge on any atom is 0.429 e. The Morgan fingerprint density at radius 1 is 0.814 bits per heavy atom. The standard InChI is InChI=1S/C31H35N3O9/c1-31(2,3)43-28(37)32-24-17-23(15-16-26(24)40-4)18-25(27(35)36)34(30(39)42-20-22-13-9-6-10-14-22)33-29(38)41-19-21-11-7-5-8-12-21/h5-17,25H,18-20H2,1-4H3,(H,32,37)(H,33,38)(H,35,36). The molecule has 0 saturated carbocycles. The van der Waals surface area contributed by atoms with Gasteiger partial charge in [0.1, 0.15) is 24.6 Å². The summed E-state index contributed by atoms with van der Waals surface area (Å²) in [6, 6.07) is 20.5. The maximum absolute atomic E-state index is 13.2. The number of amides is 3. The van der Waals surface area contributed by atoms with Crippen molar-refractivity contribution in [3.63, 3.8) is 0 Å². The van der Waals surface area contributed by atoms with Gasteiger partial charge in [-0.05, 0) is 49.6 Å². The third-order valence-electron chi connectivity index (χ3n) is 5.75. The number of rotatable bonds is 10. The molecular formula is C31H35N3O9. The normalized spacial score (nSPS) is 11.4. The van der Waals surface area contributed by atoms with Crippen LogP contribution in [0, 0.1) is 0 Å². The number of carbonyl (C=O) groups is 4. The van der Waals surface area contributed by atoms with Gasteiger partial charge in [-0.3, -0.25) is 5.32 Å². The van der Waals surface area contributed by atoms with Gasteiger partial charge in [-0.2, -0.15) is 0 Å². The number of hydrogen-bond donors (Lipinski definition) is 3. The third kappa shape index (κ3) is 10.6. The molecule has 0 radical (unpaired) electrons. The Morgan fingerprint density at radius 2 is 1.40 bits per heavy atom. The van der Waals surface area contributed by atoms with E-state index in [2.05, 4.69) is 10.7 Å². The first-order chi connectivity index (χ1) is 20.4. The highest BCUT2D eigenvalue weighted by molar-refractivity contribution is 5.87. The quantitative estimate of drug-likeness (QED) is 0.204. The largest absolute Gasteiger partial charge is 0.495 e. The van der Waals surface area contributed by atoms with Crippen LogP contribution < -0.4 is 15.5 Å². The molecule has 3 amide bonds. The minimum absolute atomic E-state index is 0.116. The van der Waals surface area contributed by atoms with Crippen LogP contribution in [0.3, 0.4) is 0 Å². The molecule has 0 aliphatic rings. The van der Waals surface area contributed by atoms with Crippen LogP contribution in [-0.2, 0) is 38.6 Å². The van der Waals surface area contributed by atoms with Crippen LogP contribution in [0.5, 0.6) is 5.75 Å². The Labute approximate surface area is 249 Å². The molecular weight excluding hydrogens is 558 g/mol. The Balaban J connectivity index is 1.83. The summed E-state index contributed by atoms with van der Waals surface area (Å²) in [5.41, 5.74) is 3.41. The second-order valence-corrected chi connectivity index (χ2v) is 10.3. The van der Waals surface area contributed by atoms with Crippen LogP contribution >= 0.6 is 0 Å². The number of hydrogen-bond acceptors (Lipinski definition) is 8. The summed E-state index contributed by atoms with van der Waals surface area (Å²) in [4.78, 5) is 50.8. The van der Waals surface area contributed by atoms with Crippen molar-refractivity contribution in [2.45, 2.75) is 52.0 Å². The van der Waals surface area contributed by atoms with Crippen molar-refractivity contribution in [3.05, 3.63) is 95.6 Å². The van der Waals surface area contributed by atoms with Crippen LogP contribution in [0.1, 0.15) is 37.5 Å². The number of anilines is 1. The highest BCUT2D eigenvalue weighted by atomic mass is 16.6. The van der Waals surface area contributed by atoms with Crippen LogP contribution in [0.2, 0.25) is 0 Å². The van der Waals surface area contributed by atoms with E-state index in [4.69, 9.17) is 18.9 Å². The van der Waals surface area contributed by atoms with Crippen molar-refractivity contribution in [1.29, 1.82) is 0 Å². The molecule has 0 aromatic heterocycles. The lowest BCUT2D eigenvalue weighted by molar-refractivity contribution is -0.143. The summed E-state index contributed by atoms with van der Waals surface area (Å²) in [5.74, 6) is -1.14. The lowest BCUT2D eigenvalue weighted by Crippen LogP contribution is -2.56. The zero-order valence-corrected chi connectivity index (χ0v) is 24.4. The average Bonchev–Trinajstić information content (AvgIpc) is 2.96. The van der Waals surface area contributed by atoms with Crippen molar-refractivity contribution in [3.8, 4) is 5.75 Å². The number of ether oxygens (including phenoxy) is 4. The lowest BCUT2D eigenvalue weighted by Gasteiger charge is -2.28. The Bertz CT molecular complexity index is 1390. The molecule has 3 aromatic rings. The minimum Gasteiger partial charge on any atom is -0.495 e. The summed E-state index contributed by atoms with van der Waals surface area (Å²) in [7, 11) is 1.41. The van der Waals surface area contributed by atoms with Gasteiger partial charge in [0.15, 0.2) is 6.04 Å². The van der Waals surface area contributed by atoms with E-state index < -0.39 is 35.9 Å². The van der Waals surface area contributed by atoms with Crippen molar-refractivity contribution in [2.24, 2.45) is 0 Å². The molecule has 0 aliphatic heterocycles. The van der Waals surface area contributed by atoms with Crippen LogP contribution in [0.4, 0.5) is 20.1 Å². The zero-order valence-electron chi connectivity index (χ0n) is 24.4. The van der Waals surface area contributed by atoms with Crippen LogP contribution in [-0.4, -0.2) is 53.1 Å². The molecule has 43 heavy (non-hydrogen) atoms. The number of nitrogens with zero attached hydrogens (tertiary/aromatic N) is 1. The number of aliphatic carboxylic acids is 1. The topological polar surface area (TPSA) is 153 Å². The highest BCUT2D eigenvalue weighted by Gasteiger charge is 2.34. The SMILES string of the molecule is COc1ccc(CC(C(=O)O)N(NC(=O)OCc2ccccc2)C(=O)OCc2ccccc2)cc1NC(=O)OC(C)(C)C. The molecule has 0 fully saturated rings. The molecule has 3 rings (SSSR count). The molecule has 0 bridgehead atoms. The summed E-state index contributed by atoms with van der Waals surface area (Å²) >= 11 is 0. The van der Waals surface area contributed by atoms with Gasteiger partial charge in [-0.25, -0.2) is 29.6 Å². The first-order valence-electron chi connectivity index (χ1n) is 13.3. The first-order valence-corrected chi connectivity index (χ1v) is 13.3. The van der Waals surface area contributed by atoms with Crippen LogP contribution in [0.25, 0.3) is 0 Å². The fraction of sp³-hybridized carbons (Fsp3) is 0.290. The van der Waals surface area contributed by atoms with Gasteiger partial charge in [-0.1, -0.05) is 66.7 Å². The average molecular weight is 594 g/mol. The predicted molar refractivity (Wildman–Crippen MR) is 156 cm³/mol. The molecule has 12 nitrogen and oxygen atoms in total. The summed E-state index contributed by atoms with van der Waals surface area (Å²) in [6.45, 7) is 4.84. The fourth-order valence-corrected chi connectivity index (χ4v) is 3.80. The van der Waals surface area contributed by atoms with Crippen molar-refractivity contribution in [1.82, 2.24) is 10.4 Å².